The average Bonchev–Trinajstić information content (AvgIpc) is 2.76. The van der Waals surface area contributed by atoms with E-state index in [0.29, 0.717) is 40.4 Å². The van der Waals surface area contributed by atoms with Crippen molar-refractivity contribution >= 4 is 58.2 Å². The van der Waals surface area contributed by atoms with Crippen molar-refractivity contribution in [2.75, 3.05) is 49.2 Å². The van der Waals surface area contributed by atoms with E-state index < -0.39 is 5.82 Å². The number of amides is 2. The van der Waals surface area contributed by atoms with Crippen LogP contribution in [0.3, 0.4) is 0 Å². The lowest BCUT2D eigenvalue weighted by atomic mass is 10.2. The van der Waals surface area contributed by atoms with Gasteiger partial charge < -0.3 is 15.4 Å². The van der Waals surface area contributed by atoms with Crippen LogP contribution in [0.2, 0.25) is 10.0 Å². The molecule has 31 heavy (non-hydrogen) atoms. The van der Waals surface area contributed by atoms with E-state index in [1.54, 1.807) is 18.2 Å². The molecular weight excluding hydrogens is 464 g/mol. The number of halogens is 3. The predicted molar refractivity (Wildman–Crippen MR) is 123 cm³/mol. The van der Waals surface area contributed by atoms with Gasteiger partial charge in [-0.3, -0.25) is 14.5 Å². The monoisotopic (exact) mass is 485 g/mol. The Hall–Kier alpha value is -1.84. The summed E-state index contributed by atoms with van der Waals surface area (Å²) >= 11 is 13.3. The van der Waals surface area contributed by atoms with Gasteiger partial charge >= 0.3 is 0 Å². The van der Waals surface area contributed by atoms with Gasteiger partial charge in [0.1, 0.15) is 5.82 Å². The number of anilines is 2. The number of nitrogens with zero attached hydrogens (tertiary/aromatic N) is 1. The molecule has 2 aromatic rings. The number of hydrogen-bond donors (Lipinski definition) is 2. The minimum Gasteiger partial charge on any atom is -0.379 e. The number of carbonyl (C=O) groups is 2. The molecule has 1 fully saturated rings. The summed E-state index contributed by atoms with van der Waals surface area (Å²) in [5.74, 6) is -1.06. The van der Waals surface area contributed by atoms with Crippen molar-refractivity contribution in [3.8, 4) is 0 Å². The highest BCUT2D eigenvalue weighted by atomic mass is 35.5. The van der Waals surface area contributed by atoms with E-state index in [-0.39, 0.29) is 29.7 Å². The summed E-state index contributed by atoms with van der Waals surface area (Å²) in [6, 6.07) is 9.06. The maximum Gasteiger partial charge on any atom is 0.234 e. The molecule has 0 saturated carbocycles. The Bertz CT molecular complexity index is 942. The van der Waals surface area contributed by atoms with Crippen LogP contribution in [-0.2, 0) is 14.3 Å². The predicted octanol–water partition coefficient (Wildman–Crippen LogP) is 4.52. The molecule has 10 heteroatoms. The molecule has 0 atom stereocenters. The summed E-state index contributed by atoms with van der Waals surface area (Å²) in [4.78, 5) is 27.3. The molecule has 0 aromatic heterocycles. The molecule has 0 bridgehead atoms. The smallest absolute Gasteiger partial charge is 0.234 e. The van der Waals surface area contributed by atoms with Crippen LogP contribution in [0.5, 0.6) is 0 Å². The molecule has 3 rings (SSSR count). The minimum atomic E-state index is -0.571. The molecular formula is C21H22Cl2FN3O3S. The van der Waals surface area contributed by atoms with Crippen LogP contribution in [-0.4, -0.2) is 55.3 Å². The van der Waals surface area contributed by atoms with E-state index in [9.17, 15) is 14.0 Å². The quantitative estimate of drug-likeness (QED) is 0.537. The topological polar surface area (TPSA) is 70.7 Å². The second-order valence-electron chi connectivity index (χ2n) is 6.86. The van der Waals surface area contributed by atoms with E-state index in [2.05, 4.69) is 15.5 Å². The van der Waals surface area contributed by atoms with E-state index in [4.69, 9.17) is 27.9 Å². The van der Waals surface area contributed by atoms with Gasteiger partial charge in [-0.25, -0.2) is 4.39 Å². The highest BCUT2D eigenvalue weighted by molar-refractivity contribution is 8.00. The molecule has 1 heterocycles. The third-order valence-corrected chi connectivity index (χ3v) is 6.27. The lowest BCUT2D eigenvalue weighted by molar-refractivity contribution is -0.117. The first-order valence-electron chi connectivity index (χ1n) is 9.68. The summed E-state index contributed by atoms with van der Waals surface area (Å²) in [7, 11) is 0. The molecule has 0 radical (unpaired) electrons. The highest BCUT2D eigenvalue weighted by Gasteiger charge is 2.14. The largest absolute Gasteiger partial charge is 0.379 e. The SMILES string of the molecule is O=C(CSc1cc(Cl)ccc1Cl)Nc1ccc(F)c(NC(=O)CCN2CCOCC2)c1. The molecule has 2 aromatic carbocycles. The minimum absolute atomic E-state index is 0.0234. The number of thioether (sulfide) groups is 1. The lowest BCUT2D eigenvalue weighted by Crippen LogP contribution is -2.38. The fourth-order valence-electron chi connectivity index (χ4n) is 2.92. The van der Waals surface area contributed by atoms with Gasteiger partial charge in [-0.05, 0) is 36.4 Å². The van der Waals surface area contributed by atoms with Crippen LogP contribution in [0.1, 0.15) is 6.42 Å². The van der Waals surface area contributed by atoms with E-state index >= 15 is 0 Å². The summed E-state index contributed by atoms with van der Waals surface area (Å²) in [5, 5.41) is 6.30. The van der Waals surface area contributed by atoms with Crippen molar-refractivity contribution in [1.82, 2.24) is 4.90 Å². The second kappa shape index (κ2) is 11.7. The van der Waals surface area contributed by atoms with Crippen LogP contribution < -0.4 is 10.6 Å². The number of nitrogens with one attached hydrogen (secondary N) is 2. The Labute approximate surface area is 194 Å². The fourth-order valence-corrected chi connectivity index (χ4v) is 4.22. The Morgan fingerprint density at radius 1 is 1.06 bits per heavy atom. The van der Waals surface area contributed by atoms with Gasteiger partial charge in [-0.15, -0.1) is 11.8 Å². The number of morpholine rings is 1. The molecule has 1 aliphatic rings. The van der Waals surface area contributed by atoms with Crippen molar-refractivity contribution in [3.63, 3.8) is 0 Å². The molecule has 0 aliphatic carbocycles. The van der Waals surface area contributed by atoms with Crippen molar-refractivity contribution in [3.05, 3.63) is 52.3 Å². The third-order valence-electron chi connectivity index (χ3n) is 4.54. The zero-order chi connectivity index (χ0) is 22.2. The molecule has 6 nitrogen and oxygen atoms in total. The molecule has 2 N–H and O–H groups in total. The van der Waals surface area contributed by atoms with E-state index in [1.165, 1.54) is 30.0 Å². The first-order valence-corrected chi connectivity index (χ1v) is 11.4. The Kier molecular flexibility index (Phi) is 8.98. The van der Waals surface area contributed by atoms with Crippen LogP contribution in [0, 0.1) is 5.82 Å². The highest BCUT2D eigenvalue weighted by Crippen LogP contribution is 2.30. The van der Waals surface area contributed by atoms with E-state index in [0.717, 1.165) is 13.1 Å². The standard InChI is InChI=1S/C21H22Cl2FN3O3S/c22-14-1-3-16(23)19(11-14)31-13-21(29)25-15-2-4-17(24)18(12-15)26-20(28)5-6-27-7-9-30-10-8-27/h1-4,11-12H,5-10,13H2,(H,25,29)(H,26,28). The average molecular weight is 486 g/mol. The van der Waals surface area contributed by atoms with Crippen LogP contribution in [0.25, 0.3) is 0 Å². The van der Waals surface area contributed by atoms with Crippen LogP contribution in [0.15, 0.2) is 41.3 Å². The molecule has 166 valence electrons. The Balaban J connectivity index is 1.51. The third kappa shape index (κ3) is 7.66. The Morgan fingerprint density at radius 2 is 1.84 bits per heavy atom. The van der Waals surface area contributed by atoms with Gasteiger partial charge in [0, 0.05) is 41.7 Å². The molecule has 1 aliphatic heterocycles. The first-order chi connectivity index (χ1) is 14.9. The number of benzene rings is 2. The van der Waals surface area contributed by atoms with Crippen molar-refractivity contribution in [2.45, 2.75) is 11.3 Å². The van der Waals surface area contributed by atoms with Gasteiger partial charge in [0.25, 0.3) is 0 Å². The van der Waals surface area contributed by atoms with Crippen LogP contribution in [0.4, 0.5) is 15.8 Å². The van der Waals surface area contributed by atoms with Gasteiger partial charge in [0.05, 0.1) is 29.7 Å². The summed E-state index contributed by atoms with van der Waals surface area (Å²) in [6.45, 7) is 3.44. The Morgan fingerprint density at radius 3 is 2.61 bits per heavy atom. The fraction of sp³-hybridized carbons (Fsp3) is 0.333. The summed E-state index contributed by atoms with van der Waals surface area (Å²) < 4.78 is 19.4. The summed E-state index contributed by atoms with van der Waals surface area (Å²) in [5.41, 5.74) is 0.406. The van der Waals surface area contributed by atoms with Crippen molar-refractivity contribution < 1.29 is 18.7 Å². The maximum absolute atomic E-state index is 14.1. The number of hydrogen-bond acceptors (Lipinski definition) is 5. The maximum atomic E-state index is 14.1. The van der Waals surface area contributed by atoms with Gasteiger partial charge in [-0.1, -0.05) is 23.2 Å². The number of rotatable bonds is 8. The van der Waals surface area contributed by atoms with Crippen molar-refractivity contribution in [1.29, 1.82) is 0 Å². The summed E-state index contributed by atoms with van der Waals surface area (Å²) in [6.07, 6.45) is 0.243. The lowest BCUT2D eigenvalue weighted by Gasteiger charge is -2.26. The zero-order valence-corrected chi connectivity index (χ0v) is 19.0. The molecule has 0 spiro atoms. The first kappa shape index (κ1) is 23.8. The normalized spacial score (nSPS) is 14.3. The number of ether oxygens (including phenoxy) is 1. The second-order valence-corrected chi connectivity index (χ2v) is 8.72. The molecule has 1 saturated heterocycles. The van der Waals surface area contributed by atoms with Crippen molar-refractivity contribution in [2.24, 2.45) is 0 Å². The van der Waals surface area contributed by atoms with E-state index in [1.807, 2.05) is 0 Å². The van der Waals surface area contributed by atoms with Gasteiger partial charge in [-0.2, -0.15) is 0 Å². The van der Waals surface area contributed by atoms with Gasteiger partial charge in [0.15, 0.2) is 0 Å². The van der Waals surface area contributed by atoms with Crippen LogP contribution >= 0.6 is 35.0 Å². The molecule has 2 amide bonds. The van der Waals surface area contributed by atoms with Gasteiger partial charge in [0.2, 0.25) is 11.8 Å². The number of carbonyl (C=O) groups excluding carboxylic acids is 2. The zero-order valence-electron chi connectivity index (χ0n) is 16.6. The molecule has 0 unspecified atom stereocenters.